The molecule has 0 unspecified atom stereocenters. The molecule has 0 radical (unpaired) electrons. The quantitative estimate of drug-likeness (QED) is 0.401. The number of thiazole rings is 1. The lowest BCUT2D eigenvalue weighted by molar-refractivity contribution is -0.136. The average molecular weight is 527 g/mol. The highest BCUT2D eigenvalue weighted by molar-refractivity contribution is 7.13. The van der Waals surface area contributed by atoms with Crippen molar-refractivity contribution < 1.29 is 18.9 Å². The van der Waals surface area contributed by atoms with Crippen LogP contribution in [0.15, 0.2) is 29.2 Å². The Kier molecular flexibility index (Phi) is 8.50. The van der Waals surface area contributed by atoms with Gasteiger partial charge in [0.1, 0.15) is 11.9 Å². The molecule has 0 aromatic carbocycles. The Balaban J connectivity index is 0.00000324. The van der Waals surface area contributed by atoms with Crippen molar-refractivity contribution in [1.29, 1.82) is 0 Å². The molecule has 0 fully saturated rings. The molecule has 3 amide bonds. The fourth-order valence-electron chi connectivity index (χ4n) is 3.08. The van der Waals surface area contributed by atoms with Crippen LogP contribution in [0.3, 0.4) is 0 Å². The van der Waals surface area contributed by atoms with Crippen molar-refractivity contribution in [2.75, 3.05) is 25.5 Å². The van der Waals surface area contributed by atoms with Crippen LogP contribution in [-0.2, 0) is 22.6 Å². The summed E-state index contributed by atoms with van der Waals surface area (Å²) in [5.74, 6) is -1.98. The molecule has 1 aliphatic heterocycles. The summed E-state index contributed by atoms with van der Waals surface area (Å²) in [5, 5.41) is 12.0. The Bertz CT molecular complexity index is 1160. The summed E-state index contributed by atoms with van der Waals surface area (Å²) in [4.78, 5) is 52.7. The number of hydrogen-bond donors (Lipinski definition) is 3. The standard InChI is InChI=1S/C19H19ClN8O4S.ClH/c1-28-5-4-11-13(8-28)33-19(25-11)18(31)24-12(15-23-9-32-27-15)7-22-16(29)17(30)26-14-3-2-10(20)6-21-14;/h2-3,6,9,12H,4-5,7-8H2,1H3,(H,22,29)(H,24,31)(H,21,26,30);1H/t12-;/m0./s1. The van der Waals surface area contributed by atoms with E-state index in [1.807, 2.05) is 7.05 Å². The lowest BCUT2D eigenvalue weighted by atomic mass is 10.2. The van der Waals surface area contributed by atoms with Gasteiger partial charge in [-0.15, -0.1) is 23.7 Å². The van der Waals surface area contributed by atoms with Crippen LogP contribution in [-0.4, -0.2) is 62.9 Å². The molecule has 0 aliphatic carbocycles. The van der Waals surface area contributed by atoms with Crippen molar-refractivity contribution in [3.8, 4) is 0 Å². The minimum atomic E-state index is -0.931. The molecule has 3 aromatic heterocycles. The number of fused-ring (bicyclic) bond motifs is 1. The highest BCUT2D eigenvalue weighted by Gasteiger charge is 2.26. The molecule has 12 nitrogen and oxygen atoms in total. The van der Waals surface area contributed by atoms with Crippen LogP contribution in [0, 0.1) is 0 Å². The van der Waals surface area contributed by atoms with Gasteiger partial charge in [0.15, 0.2) is 10.8 Å². The normalized spacial score (nSPS) is 13.8. The summed E-state index contributed by atoms with van der Waals surface area (Å²) in [6, 6.07) is 2.14. The van der Waals surface area contributed by atoms with Gasteiger partial charge in [-0.2, -0.15) is 4.98 Å². The number of carbonyl (C=O) groups is 3. The first kappa shape index (κ1) is 25.5. The van der Waals surface area contributed by atoms with Crippen molar-refractivity contribution in [2.24, 2.45) is 0 Å². The van der Waals surface area contributed by atoms with E-state index in [-0.39, 0.29) is 30.6 Å². The summed E-state index contributed by atoms with van der Waals surface area (Å²) in [6.07, 6.45) is 3.22. The summed E-state index contributed by atoms with van der Waals surface area (Å²) in [7, 11) is 2.01. The Labute approximate surface area is 208 Å². The maximum absolute atomic E-state index is 12.8. The first-order chi connectivity index (χ1) is 15.9. The molecule has 0 saturated carbocycles. The molecular weight excluding hydrogens is 507 g/mol. The van der Waals surface area contributed by atoms with Gasteiger partial charge in [-0.05, 0) is 19.2 Å². The number of aromatic nitrogens is 4. The van der Waals surface area contributed by atoms with Gasteiger partial charge in [0.05, 0.1) is 10.7 Å². The lowest BCUT2D eigenvalue weighted by Crippen LogP contribution is -2.42. The minimum Gasteiger partial charge on any atom is -0.345 e. The molecule has 0 bridgehead atoms. The number of rotatable bonds is 6. The molecule has 180 valence electrons. The summed E-state index contributed by atoms with van der Waals surface area (Å²) in [6.45, 7) is 1.46. The van der Waals surface area contributed by atoms with Gasteiger partial charge in [0.25, 0.3) is 5.91 Å². The third-order valence-electron chi connectivity index (χ3n) is 4.75. The minimum absolute atomic E-state index is 0. The van der Waals surface area contributed by atoms with E-state index in [2.05, 4.69) is 41.0 Å². The van der Waals surface area contributed by atoms with Crippen molar-refractivity contribution in [1.82, 2.24) is 35.6 Å². The number of carbonyl (C=O) groups excluding carboxylic acids is 3. The zero-order valence-corrected chi connectivity index (χ0v) is 20.2. The number of halogens is 2. The maximum Gasteiger partial charge on any atom is 0.314 e. The largest absolute Gasteiger partial charge is 0.345 e. The molecule has 1 atom stereocenters. The van der Waals surface area contributed by atoms with E-state index in [1.165, 1.54) is 29.7 Å². The predicted molar refractivity (Wildman–Crippen MR) is 125 cm³/mol. The van der Waals surface area contributed by atoms with Crippen LogP contribution < -0.4 is 16.0 Å². The van der Waals surface area contributed by atoms with Gasteiger partial charge in [0.2, 0.25) is 6.39 Å². The van der Waals surface area contributed by atoms with Gasteiger partial charge < -0.3 is 25.4 Å². The molecule has 0 saturated heterocycles. The van der Waals surface area contributed by atoms with Crippen molar-refractivity contribution in [2.45, 2.75) is 19.0 Å². The zero-order chi connectivity index (χ0) is 23.4. The number of nitrogens with zero attached hydrogens (tertiary/aromatic N) is 5. The van der Waals surface area contributed by atoms with E-state index < -0.39 is 23.8 Å². The van der Waals surface area contributed by atoms with Gasteiger partial charge in [-0.25, -0.2) is 9.97 Å². The molecule has 3 aromatic rings. The van der Waals surface area contributed by atoms with Crippen LogP contribution in [0.1, 0.15) is 32.2 Å². The number of likely N-dealkylation sites (N-methyl/N-ethyl adjacent to an activating group) is 1. The second kappa shape index (κ2) is 11.3. The Morgan fingerprint density at radius 1 is 1.26 bits per heavy atom. The van der Waals surface area contributed by atoms with Gasteiger partial charge >= 0.3 is 11.8 Å². The summed E-state index contributed by atoms with van der Waals surface area (Å²) < 4.78 is 4.76. The van der Waals surface area contributed by atoms with Crippen LogP contribution in [0.5, 0.6) is 0 Å². The number of hydrogen-bond acceptors (Lipinski definition) is 10. The van der Waals surface area contributed by atoms with E-state index >= 15 is 0 Å². The second-order valence-electron chi connectivity index (χ2n) is 7.22. The van der Waals surface area contributed by atoms with Crippen molar-refractivity contribution >= 4 is 58.9 Å². The third kappa shape index (κ3) is 6.26. The zero-order valence-electron chi connectivity index (χ0n) is 17.8. The molecule has 15 heteroatoms. The van der Waals surface area contributed by atoms with E-state index in [1.54, 1.807) is 0 Å². The molecule has 0 spiro atoms. The Hall–Kier alpha value is -3.13. The van der Waals surface area contributed by atoms with E-state index in [0.717, 1.165) is 36.5 Å². The van der Waals surface area contributed by atoms with Crippen LogP contribution in [0.25, 0.3) is 0 Å². The first-order valence-electron chi connectivity index (χ1n) is 9.84. The number of nitrogens with one attached hydrogen (secondary N) is 3. The Morgan fingerprint density at radius 2 is 2.09 bits per heavy atom. The van der Waals surface area contributed by atoms with Gasteiger partial charge in [-0.3, -0.25) is 14.4 Å². The fraction of sp³-hybridized carbons (Fsp3) is 0.316. The number of amides is 3. The topological polar surface area (TPSA) is 155 Å². The van der Waals surface area contributed by atoms with Crippen LogP contribution in [0.4, 0.5) is 5.82 Å². The SMILES string of the molecule is CN1CCc2nc(C(=O)N[C@@H](CNC(=O)C(=O)Nc3ccc(Cl)cn3)c3ncon3)sc2C1.Cl. The van der Waals surface area contributed by atoms with Crippen LogP contribution in [0.2, 0.25) is 5.02 Å². The highest BCUT2D eigenvalue weighted by atomic mass is 35.5. The van der Waals surface area contributed by atoms with E-state index in [0.29, 0.717) is 10.0 Å². The first-order valence-corrected chi connectivity index (χ1v) is 11.0. The third-order valence-corrected chi connectivity index (χ3v) is 6.06. The molecule has 4 heterocycles. The molecular formula is C19H20Cl2N8O4S. The molecule has 1 aliphatic rings. The average Bonchev–Trinajstić information content (AvgIpc) is 3.47. The van der Waals surface area contributed by atoms with Crippen molar-refractivity contribution in [3.63, 3.8) is 0 Å². The summed E-state index contributed by atoms with van der Waals surface area (Å²) in [5.41, 5.74) is 0.917. The Morgan fingerprint density at radius 3 is 2.79 bits per heavy atom. The molecule has 3 N–H and O–H groups in total. The summed E-state index contributed by atoms with van der Waals surface area (Å²) >= 11 is 7.07. The molecule has 34 heavy (non-hydrogen) atoms. The second-order valence-corrected chi connectivity index (χ2v) is 8.74. The maximum atomic E-state index is 12.8. The van der Waals surface area contributed by atoms with Gasteiger partial charge in [0, 0.05) is 37.1 Å². The number of pyridine rings is 1. The smallest absolute Gasteiger partial charge is 0.314 e. The highest BCUT2D eigenvalue weighted by Crippen LogP contribution is 2.24. The van der Waals surface area contributed by atoms with Crippen molar-refractivity contribution in [3.05, 3.63) is 51.1 Å². The van der Waals surface area contributed by atoms with Gasteiger partial charge in [-0.1, -0.05) is 16.8 Å². The predicted octanol–water partition coefficient (Wildman–Crippen LogP) is 1.21. The fourth-order valence-corrected chi connectivity index (χ4v) is 4.28. The van der Waals surface area contributed by atoms with E-state index in [4.69, 9.17) is 16.1 Å². The number of anilines is 1. The van der Waals surface area contributed by atoms with Crippen LogP contribution >= 0.6 is 35.3 Å². The van der Waals surface area contributed by atoms with E-state index in [9.17, 15) is 14.4 Å². The molecule has 4 rings (SSSR count). The lowest BCUT2D eigenvalue weighted by Gasteiger charge is -2.20. The monoisotopic (exact) mass is 526 g/mol.